The molecule has 0 saturated carbocycles. The van der Waals surface area contributed by atoms with Gasteiger partial charge in [-0.25, -0.2) is 13.1 Å². The maximum absolute atomic E-state index is 11.5. The van der Waals surface area contributed by atoms with Crippen molar-refractivity contribution < 1.29 is 8.42 Å². The standard InChI is InChI=1S/C20H23N3O2S/c1-14-13-15(2)23(22-14)19-9-5-17(6-10-19)16(3)21-18-7-11-20(12-8-18)26(4,24)25/h5-13,16,21H,1-4H3. The van der Waals surface area contributed by atoms with E-state index in [1.807, 2.05) is 18.5 Å². The van der Waals surface area contributed by atoms with E-state index >= 15 is 0 Å². The summed E-state index contributed by atoms with van der Waals surface area (Å²) < 4.78 is 25.0. The van der Waals surface area contributed by atoms with Crippen LogP contribution in [0.25, 0.3) is 5.69 Å². The largest absolute Gasteiger partial charge is 0.379 e. The van der Waals surface area contributed by atoms with Crippen LogP contribution in [0, 0.1) is 13.8 Å². The molecule has 0 amide bonds. The summed E-state index contributed by atoms with van der Waals surface area (Å²) in [5.41, 5.74) is 5.16. The fraction of sp³-hybridized carbons (Fsp3) is 0.250. The molecule has 0 bridgehead atoms. The van der Waals surface area contributed by atoms with E-state index in [1.54, 1.807) is 24.3 Å². The van der Waals surface area contributed by atoms with Crippen molar-refractivity contribution in [3.63, 3.8) is 0 Å². The van der Waals surface area contributed by atoms with Crippen molar-refractivity contribution in [2.24, 2.45) is 0 Å². The minimum Gasteiger partial charge on any atom is -0.379 e. The Morgan fingerprint density at radius 2 is 1.62 bits per heavy atom. The summed E-state index contributed by atoms with van der Waals surface area (Å²) in [6, 6.07) is 17.2. The van der Waals surface area contributed by atoms with Gasteiger partial charge in [0.15, 0.2) is 9.84 Å². The van der Waals surface area contributed by atoms with Crippen molar-refractivity contribution >= 4 is 15.5 Å². The number of hydrogen-bond acceptors (Lipinski definition) is 4. The highest BCUT2D eigenvalue weighted by Gasteiger charge is 2.09. The lowest BCUT2D eigenvalue weighted by Crippen LogP contribution is -2.07. The second-order valence-electron chi connectivity index (χ2n) is 6.59. The summed E-state index contributed by atoms with van der Waals surface area (Å²) in [6.45, 7) is 6.10. The summed E-state index contributed by atoms with van der Waals surface area (Å²) in [5, 5.41) is 7.90. The molecule has 1 atom stereocenters. The van der Waals surface area contributed by atoms with Gasteiger partial charge in [-0.1, -0.05) is 12.1 Å². The number of benzene rings is 2. The van der Waals surface area contributed by atoms with Gasteiger partial charge in [-0.2, -0.15) is 5.10 Å². The average Bonchev–Trinajstić information content (AvgIpc) is 2.93. The van der Waals surface area contributed by atoms with Gasteiger partial charge in [0.05, 0.1) is 16.3 Å². The average molecular weight is 369 g/mol. The number of rotatable bonds is 5. The van der Waals surface area contributed by atoms with Crippen LogP contribution in [0.4, 0.5) is 5.69 Å². The van der Waals surface area contributed by atoms with Crippen LogP contribution in [0.5, 0.6) is 0 Å². The van der Waals surface area contributed by atoms with Crippen molar-refractivity contribution in [3.05, 3.63) is 71.5 Å². The summed E-state index contributed by atoms with van der Waals surface area (Å²) in [4.78, 5) is 0.324. The van der Waals surface area contributed by atoms with Crippen LogP contribution in [0.2, 0.25) is 0 Å². The second kappa shape index (κ2) is 6.96. The Hall–Kier alpha value is -2.60. The first-order valence-electron chi connectivity index (χ1n) is 8.44. The van der Waals surface area contributed by atoms with Gasteiger partial charge in [0.2, 0.25) is 0 Å². The molecule has 6 heteroatoms. The van der Waals surface area contributed by atoms with Gasteiger partial charge in [-0.3, -0.25) is 0 Å². The molecular weight excluding hydrogens is 346 g/mol. The molecule has 0 saturated heterocycles. The number of anilines is 1. The van der Waals surface area contributed by atoms with E-state index in [-0.39, 0.29) is 6.04 Å². The molecule has 136 valence electrons. The molecule has 0 aliphatic carbocycles. The van der Waals surface area contributed by atoms with Gasteiger partial charge in [-0.15, -0.1) is 0 Å². The molecular formula is C20H23N3O2S. The Bertz CT molecular complexity index is 1000. The number of hydrogen-bond donors (Lipinski definition) is 1. The van der Waals surface area contributed by atoms with Gasteiger partial charge >= 0.3 is 0 Å². The number of aromatic nitrogens is 2. The monoisotopic (exact) mass is 369 g/mol. The highest BCUT2D eigenvalue weighted by molar-refractivity contribution is 7.90. The first kappa shape index (κ1) is 18.2. The molecule has 0 fully saturated rings. The molecule has 0 aliphatic rings. The SMILES string of the molecule is Cc1cc(C)n(-c2ccc(C(C)Nc3ccc(S(C)(=O)=O)cc3)cc2)n1. The maximum Gasteiger partial charge on any atom is 0.175 e. The summed E-state index contributed by atoms with van der Waals surface area (Å²) in [5.74, 6) is 0. The van der Waals surface area contributed by atoms with E-state index in [0.717, 1.165) is 28.3 Å². The number of sulfone groups is 1. The van der Waals surface area contributed by atoms with E-state index < -0.39 is 9.84 Å². The van der Waals surface area contributed by atoms with Crippen LogP contribution in [0.15, 0.2) is 59.5 Å². The van der Waals surface area contributed by atoms with Crippen LogP contribution in [-0.2, 0) is 9.84 Å². The van der Waals surface area contributed by atoms with Crippen molar-refractivity contribution in [2.45, 2.75) is 31.7 Å². The Balaban J connectivity index is 1.74. The van der Waals surface area contributed by atoms with Gasteiger partial charge < -0.3 is 5.32 Å². The lowest BCUT2D eigenvalue weighted by molar-refractivity contribution is 0.602. The zero-order valence-electron chi connectivity index (χ0n) is 15.4. The normalized spacial score (nSPS) is 12.8. The van der Waals surface area contributed by atoms with Crippen molar-refractivity contribution in [1.82, 2.24) is 9.78 Å². The predicted molar refractivity (Wildman–Crippen MR) is 105 cm³/mol. The lowest BCUT2D eigenvalue weighted by Gasteiger charge is -2.16. The number of nitrogens with one attached hydrogen (secondary N) is 1. The number of aryl methyl sites for hydroxylation is 2. The zero-order valence-corrected chi connectivity index (χ0v) is 16.2. The molecule has 0 aliphatic heterocycles. The van der Waals surface area contributed by atoms with E-state index in [0.29, 0.717) is 4.90 Å². The third kappa shape index (κ3) is 3.96. The highest BCUT2D eigenvalue weighted by Crippen LogP contribution is 2.22. The summed E-state index contributed by atoms with van der Waals surface area (Å²) in [7, 11) is -3.17. The van der Waals surface area contributed by atoms with E-state index in [2.05, 4.69) is 47.7 Å². The van der Waals surface area contributed by atoms with Crippen LogP contribution in [-0.4, -0.2) is 24.5 Å². The minimum absolute atomic E-state index is 0.0913. The third-order valence-electron chi connectivity index (χ3n) is 4.31. The zero-order chi connectivity index (χ0) is 18.9. The molecule has 0 spiro atoms. The van der Waals surface area contributed by atoms with Crippen LogP contribution in [0.3, 0.4) is 0 Å². The fourth-order valence-electron chi connectivity index (χ4n) is 2.93. The molecule has 5 nitrogen and oxygen atoms in total. The molecule has 1 unspecified atom stereocenters. The highest BCUT2D eigenvalue weighted by atomic mass is 32.2. The predicted octanol–water partition coefficient (Wildman–Crippen LogP) is 4.07. The second-order valence-corrected chi connectivity index (χ2v) is 8.61. The van der Waals surface area contributed by atoms with Crippen molar-refractivity contribution in [3.8, 4) is 5.69 Å². The van der Waals surface area contributed by atoms with Crippen LogP contribution >= 0.6 is 0 Å². The van der Waals surface area contributed by atoms with Crippen LogP contribution in [0.1, 0.15) is 29.9 Å². The Labute approximate surface area is 154 Å². The fourth-order valence-corrected chi connectivity index (χ4v) is 3.56. The Morgan fingerprint density at radius 1 is 1.00 bits per heavy atom. The molecule has 26 heavy (non-hydrogen) atoms. The van der Waals surface area contributed by atoms with Gasteiger partial charge in [0.25, 0.3) is 0 Å². The van der Waals surface area contributed by atoms with Gasteiger partial charge in [0.1, 0.15) is 0 Å². The topological polar surface area (TPSA) is 64.0 Å². The molecule has 1 aromatic heterocycles. The smallest absolute Gasteiger partial charge is 0.175 e. The molecule has 1 heterocycles. The van der Waals surface area contributed by atoms with E-state index in [4.69, 9.17) is 0 Å². The number of nitrogens with zero attached hydrogens (tertiary/aromatic N) is 2. The van der Waals surface area contributed by atoms with E-state index in [1.165, 1.54) is 6.26 Å². The van der Waals surface area contributed by atoms with Gasteiger partial charge in [0, 0.05) is 23.7 Å². The van der Waals surface area contributed by atoms with Crippen LogP contribution < -0.4 is 5.32 Å². The summed E-state index contributed by atoms with van der Waals surface area (Å²) in [6.07, 6.45) is 1.21. The van der Waals surface area contributed by atoms with Crippen molar-refractivity contribution in [1.29, 1.82) is 0 Å². The Kier molecular flexibility index (Phi) is 4.87. The van der Waals surface area contributed by atoms with E-state index in [9.17, 15) is 8.42 Å². The lowest BCUT2D eigenvalue weighted by atomic mass is 10.1. The molecule has 1 N–H and O–H groups in total. The minimum atomic E-state index is -3.17. The molecule has 2 aromatic carbocycles. The Morgan fingerprint density at radius 3 is 2.12 bits per heavy atom. The van der Waals surface area contributed by atoms with Gasteiger partial charge in [-0.05, 0) is 68.8 Å². The molecule has 3 rings (SSSR count). The first-order valence-corrected chi connectivity index (χ1v) is 10.3. The maximum atomic E-state index is 11.5. The molecule has 3 aromatic rings. The van der Waals surface area contributed by atoms with Crippen molar-refractivity contribution in [2.75, 3.05) is 11.6 Å². The third-order valence-corrected chi connectivity index (χ3v) is 5.44. The quantitative estimate of drug-likeness (QED) is 0.736. The summed E-state index contributed by atoms with van der Waals surface area (Å²) >= 11 is 0. The first-order chi connectivity index (χ1) is 12.2. The molecule has 0 radical (unpaired) electrons.